The number of ketones is 1. The summed E-state index contributed by atoms with van der Waals surface area (Å²) in [5, 5.41) is 0. The van der Waals surface area contributed by atoms with Crippen LogP contribution in [0.1, 0.15) is 19.4 Å². The quantitative estimate of drug-likeness (QED) is 0.797. The van der Waals surface area contributed by atoms with Gasteiger partial charge in [0, 0.05) is 6.42 Å². The number of hydrogen-bond acceptors (Lipinski definition) is 2. The van der Waals surface area contributed by atoms with E-state index in [1.54, 1.807) is 26.0 Å². The predicted molar refractivity (Wildman–Crippen MR) is 53.4 cm³/mol. The van der Waals surface area contributed by atoms with E-state index in [0.717, 1.165) is 0 Å². The van der Waals surface area contributed by atoms with E-state index in [9.17, 15) is 9.18 Å². The number of hydrogen-bond donors (Lipinski definition) is 1. The number of nitrogens with two attached hydrogens (primary N) is 1. The van der Waals surface area contributed by atoms with Crippen molar-refractivity contribution in [3.05, 3.63) is 35.6 Å². The first-order chi connectivity index (χ1) is 6.39. The molecule has 76 valence electrons. The normalized spacial score (nSPS) is 11.4. The molecular formula is C11H14FNO. The topological polar surface area (TPSA) is 43.1 Å². The van der Waals surface area contributed by atoms with Crippen LogP contribution >= 0.6 is 0 Å². The number of benzene rings is 1. The SMILES string of the molecule is CC(C)(N)C(=O)Cc1cccc(F)c1. The first-order valence-electron chi connectivity index (χ1n) is 4.46. The van der Waals surface area contributed by atoms with Gasteiger partial charge in [-0.3, -0.25) is 4.79 Å². The van der Waals surface area contributed by atoms with Crippen LogP contribution in [0.15, 0.2) is 24.3 Å². The third kappa shape index (κ3) is 2.92. The van der Waals surface area contributed by atoms with E-state index in [0.29, 0.717) is 5.56 Å². The highest BCUT2D eigenvalue weighted by molar-refractivity contribution is 5.89. The van der Waals surface area contributed by atoms with Gasteiger partial charge in [0.25, 0.3) is 0 Å². The molecule has 2 N–H and O–H groups in total. The molecule has 1 rings (SSSR count). The molecule has 0 aliphatic carbocycles. The van der Waals surface area contributed by atoms with Crippen molar-refractivity contribution in [1.82, 2.24) is 0 Å². The third-order valence-corrected chi connectivity index (χ3v) is 1.97. The van der Waals surface area contributed by atoms with Gasteiger partial charge in [0.2, 0.25) is 0 Å². The molecule has 0 atom stereocenters. The van der Waals surface area contributed by atoms with Crippen LogP contribution in [0.25, 0.3) is 0 Å². The summed E-state index contributed by atoms with van der Waals surface area (Å²) in [6.45, 7) is 3.29. The molecule has 1 aromatic carbocycles. The Bertz CT molecular complexity index is 341. The average Bonchev–Trinajstić information content (AvgIpc) is 2.02. The molecule has 1 aromatic rings. The summed E-state index contributed by atoms with van der Waals surface area (Å²) in [6, 6.07) is 6.00. The number of carbonyl (C=O) groups is 1. The Labute approximate surface area is 82.9 Å². The monoisotopic (exact) mass is 195 g/mol. The van der Waals surface area contributed by atoms with E-state index in [1.165, 1.54) is 12.1 Å². The molecule has 0 aliphatic heterocycles. The lowest BCUT2D eigenvalue weighted by atomic mass is 9.95. The van der Waals surface area contributed by atoms with E-state index in [2.05, 4.69) is 0 Å². The van der Waals surface area contributed by atoms with Crippen LogP contribution in [0.3, 0.4) is 0 Å². The van der Waals surface area contributed by atoms with E-state index < -0.39 is 5.54 Å². The van der Waals surface area contributed by atoms with Gasteiger partial charge in [0.05, 0.1) is 5.54 Å². The second kappa shape index (κ2) is 3.88. The van der Waals surface area contributed by atoms with Crippen molar-refractivity contribution in [3.8, 4) is 0 Å². The van der Waals surface area contributed by atoms with Crippen molar-refractivity contribution in [1.29, 1.82) is 0 Å². The molecule has 0 saturated heterocycles. The second-order valence-corrected chi connectivity index (χ2v) is 3.95. The van der Waals surface area contributed by atoms with E-state index in [1.807, 2.05) is 0 Å². The minimum Gasteiger partial charge on any atom is -0.319 e. The van der Waals surface area contributed by atoms with Crippen molar-refractivity contribution >= 4 is 5.78 Å². The van der Waals surface area contributed by atoms with Gasteiger partial charge in [-0.1, -0.05) is 12.1 Å². The summed E-state index contributed by atoms with van der Waals surface area (Å²) in [5.41, 5.74) is 5.43. The minimum absolute atomic E-state index is 0.0944. The van der Waals surface area contributed by atoms with Crippen LogP contribution in [0.5, 0.6) is 0 Å². The summed E-state index contributed by atoms with van der Waals surface area (Å²) < 4.78 is 12.8. The Morgan fingerprint density at radius 2 is 2.14 bits per heavy atom. The lowest BCUT2D eigenvalue weighted by Crippen LogP contribution is -2.42. The fourth-order valence-electron chi connectivity index (χ4n) is 1.06. The number of rotatable bonds is 3. The van der Waals surface area contributed by atoms with Gasteiger partial charge in [0.1, 0.15) is 5.82 Å². The zero-order valence-corrected chi connectivity index (χ0v) is 8.38. The summed E-state index contributed by atoms with van der Waals surface area (Å²) in [4.78, 5) is 11.5. The molecule has 0 aliphatic rings. The Kier molecular flexibility index (Phi) is 3.01. The molecule has 0 unspecified atom stereocenters. The molecular weight excluding hydrogens is 181 g/mol. The van der Waals surface area contributed by atoms with Crippen LogP contribution in [-0.4, -0.2) is 11.3 Å². The highest BCUT2D eigenvalue weighted by atomic mass is 19.1. The first-order valence-corrected chi connectivity index (χ1v) is 4.46. The predicted octanol–water partition coefficient (Wildman–Crippen LogP) is 1.67. The molecule has 0 saturated carbocycles. The first kappa shape index (κ1) is 10.9. The largest absolute Gasteiger partial charge is 0.319 e. The van der Waals surface area contributed by atoms with Crippen LogP contribution in [0, 0.1) is 5.82 Å². The molecule has 14 heavy (non-hydrogen) atoms. The molecule has 0 bridgehead atoms. The average molecular weight is 195 g/mol. The van der Waals surface area contributed by atoms with Gasteiger partial charge in [-0.25, -0.2) is 4.39 Å². The zero-order valence-electron chi connectivity index (χ0n) is 8.38. The van der Waals surface area contributed by atoms with Gasteiger partial charge in [-0.05, 0) is 31.5 Å². The maximum absolute atomic E-state index is 12.8. The Balaban J connectivity index is 2.75. The molecule has 0 aromatic heterocycles. The second-order valence-electron chi connectivity index (χ2n) is 3.95. The molecule has 3 heteroatoms. The van der Waals surface area contributed by atoms with Crippen molar-refractivity contribution in [2.75, 3.05) is 0 Å². The number of halogens is 1. The summed E-state index contributed by atoms with van der Waals surface area (Å²) in [5.74, 6) is -0.423. The molecule has 0 radical (unpaired) electrons. The van der Waals surface area contributed by atoms with Crippen LogP contribution in [0.2, 0.25) is 0 Å². The smallest absolute Gasteiger partial charge is 0.156 e. The minimum atomic E-state index is -0.855. The zero-order chi connectivity index (χ0) is 10.8. The van der Waals surface area contributed by atoms with Gasteiger partial charge < -0.3 is 5.73 Å². The molecule has 0 fully saturated rings. The van der Waals surface area contributed by atoms with Gasteiger partial charge in [0.15, 0.2) is 5.78 Å². The maximum Gasteiger partial charge on any atom is 0.156 e. The summed E-state index contributed by atoms with van der Waals surface area (Å²) in [6.07, 6.45) is 0.182. The molecule has 0 heterocycles. The Morgan fingerprint density at radius 1 is 1.50 bits per heavy atom. The van der Waals surface area contributed by atoms with Crippen molar-refractivity contribution < 1.29 is 9.18 Å². The highest BCUT2D eigenvalue weighted by Gasteiger charge is 2.21. The molecule has 0 spiro atoms. The van der Waals surface area contributed by atoms with Crippen LogP contribution in [-0.2, 0) is 11.2 Å². The van der Waals surface area contributed by atoms with Gasteiger partial charge in [-0.15, -0.1) is 0 Å². The Hall–Kier alpha value is -1.22. The van der Waals surface area contributed by atoms with Gasteiger partial charge in [-0.2, -0.15) is 0 Å². The number of carbonyl (C=O) groups excluding carboxylic acids is 1. The summed E-state index contributed by atoms with van der Waals surface area (Å²) in [7, 11) is 0. The van der Waals surface area contributed by atoms with E-state index >= 15 is 0 Å². The highest BCUT2D eigenvalue weighted by Crippen LogP contribution is 2.09. The fourth-order valence-corrected chi connectivity index (χ4v) is 1.06. The van der Waals surface area contributed by atoms with E-state index in [-0.39, 0.29) is 18.0 Å². The van der Waals surface area contributed by atoms with Crippen molar-refractivity contribution in [2.45, 2.75) is 25.8 Å². The Morgan fingerprint density at radius 3 is 2.64 bits per heavy atom. The fraction of sp³-hybridized carbons (Fsp3) is 0.364. The molecule has 2 nitrogen and oxygen atoms in total. The van der Waals surface area contributed by atoms with Crippen LogP contribution in [0.4, 0.5) is 4.39 Å². The van der Waals surface area contributed by atoms with Crippen molar-refractivity contribution in [2.24, 2.45) is 5.73 Å². The molecule has 0 amide bonds. The summed E-state index contributed by atoms with van der Waals surface area (Å²) >= 11 is 0. The lowest BCUT2D eigenvalue weighted by Gasteiger charge is -2.16. The standard InChI is InChI=1S/C11H14FNO/c1-11(2,13)10(14)7-8-4-3-5-9(12)6-8/h3-6H,7,13H2,1-2H3. The third-order valence-electron chi connectivity index (χ3n) is 1.97. The van der Waals surface area contributed by atoms with Gasteiger partial charge >= 0.3 is 0 Å². The van der Waals surface area contributed by atoms with Crippen LogP contribution < -0.4 is 5.73 Å². The number of Topliss-reactive ketones (excluding diaryl/α,β-unsaturated/α-hetero) is 1. The van der Waals surface area contributed by atoms with E-state index in [4.69, 9.17) is 5.73 Å². The van der Waals surface area contributed by atoms with Crippen molar-refractivity contribution in [3.63, 3.8) is 0 Å². The lowest BCUT2D eigenvalue weighted by molar-refractivity contribution is -0.122. The maximum atomic E-state index is 12.8.